The summed E-state index contributed by atoms with van der Waals surface area (Å²) in [6.45, 7) is 1.15. The zero-order chi connectivity index (χ0) is 15.8. The van der Waals surface area contributed by atoms with Gasteiger partial charge in [0.2, 0.25) is 0 Å². The molecule has 1 aromatic heterocycles. The number of nitrogens with one attached hydrogen (secondary N) is 2. The number of amides is 2. The molecule has 1 heterocycles. The topological polar surface area (TPSA) is 79.2 Å². The molecule has 0 spiro atoms. The van der Waals surface area contributed by atoms with E-state index in [1.807, 2.05) is 12.3 Å². The van der Waals surface area contributed by atoms with Crippen LogP contribution in [0.4, 0.5) is 9.18 Å². The predicted octanol–water partition coefficient (Wildman–Crippen LogP) is 1.45. The van der Waals surface area contributed by atoms with Gasteiger partial charge in [-0.3, -0.25) is 4.68 Å². The Labute approximate surface area is 128 Å². The highest BCUT2D eigenvalue weighted by Gasteiger charge is 2.12. The third kappa shape index (κ3) is 4.85. The van der Waals surface area contributed by atoms with Crippen molar-refractivity contribution in [2.75, 3.05) is 13.1 Å². The highest BCUT2D eigenvalue weighted by molar-refractivity contribution is 5.73. The maximum atomic E-state index is 13.5. The number of hydrogen-bond acceptors (Lipinski definition) is 3. The minimum absolute atomic E-state index is 0.0497. The summed E-state index contributed by atoms with van der Waals surface area (Å²) in [7, 11) is 0. The third-order valence-electron chi connectivity index (χ3n) is 3.13. The van der Waals surface area contributed by atoms with E-state index in [4.69, 9.17) is 0 Å². The minimum atomic E-state index is -1.07. The zero-order valence-corrected chi connectivity index (χ0v) is 12.1. The Morgan fingerprint density at radius 1 is 1.32 bits per heavy atom. The van der Waals surface area contributed by atoms with Crippen molar-refractivity contribution in [1.29, 1.82) is 0 Å². The average molecular weight is 306 g/mol. The number of aliphatic hydroxyl groups excluding tert-OH is 1. The van der Waals surface area contributed by atoms with Crippen molar-refractivity contribution in [2.45, 2.75) is 19.1 Å². The van der Waals surface area contributed by atoms with Gasteiger partial charge in [0.25, 0.3) is 0 Å². The normalized spacial score (nSPS) is 11.9. The molecule has 2 amide bonds. The van der Waals surface area contributed by atoms with Crippen LogP contribution in [0.15, 0.2) is 42.7 Å². The second-order valence-electron chi connectivity index (χ2n) is 4.80. The van der Waals surface area contributed by atoms with Crippen molar-refractivity contribution in [3.63, 3.8) is 0 Å². The highest BCUT2D eigenvalue weighted by atomic mass is 19.1. The van der Waals surface area contributed by atoms with Crippen molar-refractivity contribution in [3.05, 3.63) is 54.1 Å². The average Bonchev–Trinajstić information content (AvgIpc) is 3.03. The maximum Gasteiger partial charge on any atom is 0.314 e. The van der Waals surface area contributed by atoms with E-state index < -0.39 is 18.0 Å². The molecule has 2 aromatic rings. The van der Waals surface area contributed by atoms with Crippen molar-refractivity contribution in [2.24, 2.45) is 0 Å². The van der Waals surface area contributed by atoms with Crippen molar-refractivity contribution < 1.29 is 14.3 Å². The lowest BCUT2D eigenvalue weighted by Gasteiger charge is -2.13. The number of carbonyl (C=O) groups is 1. The summed E-state index contributed by atoms with van der Waals surface area (Å²) in [6, 6.07) is 7.39. The van der Waals surface area contributed by atoms with Crippen LogP contribution in [0.2, 0.25) is 0 Å². The highest BCUT2D eigenvalue weighted by Crippen LogP contribution is 2.15. The number of carbonyl (C=O) groups excluding carboxylic acids is 1. The van der Waals surface area contributed by atoms with Gasteiger partial charge in [-0.05, 0) is 18.6 Å². The molecule has 0 unspecified atom stereocenters. The van der Waals surface area contributed by atoms with Crippen LogP contribution in [0.25, 0.3) is 0 Å². The van der Waals surface area contributed by atoms with Crippen LogP contribution in [0.1, 0.15) is 18.1 Å². The molecule has 6 nitrogen and oxygen atoms in total. The smallest absolute Gasteiger partial charge is 0.314 e. The standard InChI is InChI=1S/C15H19FN4O2/c16-13-6-2-1-5-12(13)14(21)11-18-15(22)17-7-3-9-20-10-4-8-19-20/h1-2,4-6,8,10,14,21H,3,7,9,11H2,(H2,17,18,22)/t14-/m0/s1. The Balaban J connectivity index is 1.64. The number of aryl methyl sites for hydroxylation is 1. The Hall–Kier alpha value is -2.41. The Kier molecular flexibility index (Phi) is 5.91. The first-order chi connectivity index (χ1) is 10.7. The van der Waals surface area contributed by atoms with Gasteiger partial charge in [0, 0.05) is 37.6 Å². The van der Waals surface area contributed by atoms with E-state index in [9.17, 15) is 14.3 Å². The summed E-state index contributed by atoms with van der Waals surface area (Å²) < 4.78 is 15.2. The number of rotatable bonds is 7. The summed E-state index contributed by atoms with van der Waals surface area (Å²) in [4.78, 5) is 11.6. The Morgan fingerprint density at radius 2 is 2.14 bits per heavy atom. The summed E-state index contributed by atoms with van der Waals surface area (Å²) in [5, 5.41) is 19.1. The van der Waals surface area contributed by atoms with Crippen molar-refractivity contribution >= 4 is 6.03 Å². The number of hydrogen-bond donors (Lipinski definition) is 3. The summed E-state index contributed by atoms with van der Waals surface area (Å²) in [5.74, 6) is -0.489. The second-order valence-corrected chi connectivity index (χ2v) is 4.80. The zero-order valence-electron chi connectivity index (χ0n) is 12.1. The lowest BCUT2D eigenvalue weighted by Crippen LogP contribution is -2.38. The molecule has 118 valence electrons. The van der Waals surface area contributed by atoms with Crippen LogP contribution in [0.3, 0.4) is 0 Å². The molecule has 0 aliphatic heterocycles. The van der Waals surface area contributed by atoms with E-state index >= 15 is 0 Å². The van der Waals surface area contributed by atoms with Crippen LogP contribution < -0.4 is 10.6 Å². The van der Waals surface area contributed by atoms with Gasteiger partial charge >= 0.3 is 6.03 Å². The molecule has 22 heavy (non-hydrogen) atoms. The molecule has 0 saturated heterocycles. The van der Waals surface area contributed by atoms with Crippen LogP contribution >= 0.6 is 0 Å². The minimum Gasteiger partial charge on any atom is -0.386 e. The Bertz CT molecular complexity index is 589. The van der Waals surface area contributed by atoms with Gasteiger partial charge < -0.3 is 15.7 Å². The van der Waals surface area contributed by atoms with Gasteiger partial charge in [-0.1, -0.05) is 18.2 Å². The van der Waals surface area contributed by atoms with Gasteiger partial charge in [-0.2, -0.15) is 5.10 Å². The number of nitrogens with zero attached hydrogens (tertiary/aromatic N) is 2. The molecular weight excluding hydrogens is 287 g/mol. The molecule has 0 bridgehead atoms. The van der Waals surface area contributed by atoms with Gasteiger partial charge in [0.05, 0.1) is 6.10 Å². The van der Waals surface area contributed by atoms with E-state index in [2.05, 4.69) is 15.7 Å². The van der Waals surface area contributed by atoms with E-state index in [0.29, 0.717) is 13.1 Å². The number of urea groups is 1. The fourth-order valence-electron chi connectivity index (χ4n) is 1.98. The molecule has 7 heteroatoms. The molecule has 2 rings (SSSR count). The maximum absolute atomic E-state index is 13.5. The first-order valence-electron chi connectivity index (χ1n) is 7.08. The molecule has 0 fully saturated rings. The predicted molar refractivity (Wildman–Crippen MR) is 79.6 cm³/mol. The van der Waals surface area contributed by atoms with Crippen LogP contribution in [0, 0.1) is 5.82 Å². The number of aromatic nitrogens is 2. The summed E-state index contributed by atoms with van der Waals surface area (Å²) >= 11 is 0. The summed E-state index contributed by atoms with van der Waals surface area (Å²) in [5.41, 5.74) is 0.168. The van der Waals surface area contributed by atoms with Crippen molar-refractivity contribution in [3.8, 4) is 0 Å². The Morgan fingerprint density at radius 3 is 2.86 bits per heavy atom. The monoisotopic (exact) mass is 306 g/mol. The third-order valence-corrected chi connectivity index (χ3v) is 3.13. The van der Waals surface area contributed by atoms with Gasteiger partial charge in [-0.15, -0.1) is 0 Å². The molecule has 3 N–H and O–H groups in total. The molecule has 1 aromatic carbocycles. The van der Waals surface area contributed by atoms with E-state index in [0.717, 1.165) is 6.42 Å². The summed E-state index contributed by atoms with van der Waals surface area (Å²) in [6.07, 6.45) is 3.22. The molecule has 0 saturated carbocycles. The fraction of sp³-hybridized carbons (Fsp3) is 0.333. The SMILES string of the molecule is O=C(NCCCn1cccn1)NC[C@H](O)c1ccccc1F. The molecular formula is C15H19FN4O2. The molecule has 0 radical (unpaired) electrons. The first-order valence-corrected chi connectivity index (χ1v) is 7.08. The fourth-order valence-corrected chi connectivity index (χ4v) is 1.98. The van der Waals surface area contributed by atoms with Crippen LogP contribution in [-0.2, 0) is 6.54 Å². The van der Waals surface area contributed by atoms with Gasteiger partial charge in [0.1, 0.15) is 5.82 Å². The van der Waals surface area contributed by atoms with E-state index in [-0.39, 0.29) is 12.1 Å². The van der Waals surface area contributed by atoms with E-state index in [1.165, 1.54) is 12.1 Å². The van der Waals surface area contributed by atoms with E-state index in [1.54, 1.807) is 23.0 Å². The molecule has 0 aliphatic rings. The van der Waals surface area contributed by atoms with Crippen LogP contribution in [-0.4, -0.2) is 34.0 Å². The number of halogens is 1. The van der Waals surface area contributed by atoms with Crippen molar-refractivity contribution in [1.82, 2.24) is 20.4 Å². The second kappa shape index (κ2) is 8.14. The first kappa shape index (κ1) is 16.0. The van der Waals surface area contributed by atoms with Gasteiger partial charge in [-0.25, -0.2) is 9.18 Å². The molecule has 0 aliphatic carbocycles. The quantitative estimate of drug-likeness (QED) is 0.677. The lowest BCUT2D eigenvalue weighted by atomic mass is 10.1. The number of aliphatic hydroxyl groups is 1. The van der Waals surface area contributed by atoms with Gasteiger partial charge in [0.15, 0.2) is 0 Å². The lowest BCUT2D eigenvalue weighted by molar-refractivity contribution is 0.169. The largest absolute Gasteiger partial charge is 0.386 e. The number of benzene rings is 1. The van der Waals surface area contributed by atoms with Crippen LogP contribution in [0.5, 0.6) is 0 Å². The molecule has 1 atom stereocenters.